The van der Waals surface area contributed by atoms with E-state index < -0.39 is 0 Å². The molecule has 4 nitrogen and oxygen atoms in total. The van der Waals surface area contributed by atoms with Crippen LogP contribution < -0.4 is 5.73 Å². The lowest BCUT2D eigenvalue weighted by molar-refractivity contribution is 1.10. The fourth-order valence-corrected chi connectivity index (χ4v) is 2.10. The number of nitrogen functional groups attached to an aromatic ring is 1. The van der Waals surface area contributed by atoms with Crippen LogP contribution in [0.15, 0.2) is 34.8 Å². The van der Waals surface area contributed by atoms with Crippen molar-refractivity contribution in [1.29, 1.82) is 0 Å². The second kappa shape index (κ2) is 3.38. The fraction of sp³-hybridized carbons (Fsp3) is 0. The third kappa shape index (κ3) is 1.49. The average Bonchev–Trinajstić information content (AvgIpc) is 2.83. The van der Waals surface area contributed by atoms with E-state index in [1.54, 1.807) is 6.07 Å². The Labute approximate surface area is 100.0 Å². The summed E-state index contributed by atoms with van der Waals surface area (Å²) in [5, 5.41) is 7.93. The molecule has 0 aliphatic carbocycles. The molecule has 1 aromatic carbocycles. The number of anilines is 1. The molecule has 0 atom stereocenters. The second-order valence-electron chi connectivity index (χ2n) is 3.62. The standard InChI is InChI=1S/C11H9BrN4/c12-7-1-2-8-6(3-7)4-9(14-8)10-5-11(13)16-15-10/h1-5,14H,(H3,13,15,16). The van der Waals surface area contributed by atoms with Crippen LogP contribution in [-0.4, -0.2) is 15.2 Å². The van der Waals surface area contributed by atoms with Gasteiger partial charge in [-0.05, 0) is 24.3 Å². The van der Waals surface area contributed by atoms with E-state index in [4.69, 9.17) is 5.73 Å². The van der Waals surface area contributed by atoms with Gasteiger partial charge in [-0.25, -0.2) is 0 Å². The van der Waals surface area contributed by atoms with Gasteiger partial charge >= 0.3 is 0 Å². The van der Waals surface area contributed by atoms with Gasteiger partial charge in [0.2, 0.25) is 0 Å². The smallest absolute Gasteiger partial charge is 0.145 e. The van der Waals surface area contributed by atoms with Crippen LogP contribution in [0.4, 0.5) is 5.82 Å². The predicted molar refractivity (Wildman–Crippen MR) is 68.0 cm³/mol. The average molecular weight is 277 g/mol. The van der Waals surface area contributed by atoms with Gasteiger partial charge in [0, 0.05) is 21.4 Å². The van der Waals surface area contributed by atoms with Gasteiger partial charge in [-0.2, -0.15) is 5.10 Å². The Kier molecular flexibility index (Phi) is 2.00. The summed E-state index contributed by atoms with van der Waals surface area (Å²) in [5.41, 5.74) is 8.54. The summed E-state index contributed by atoms with van der Waals surface area (Å²) in [6, 6.07) is 9.97. The molecule has 0 fully saturated rings. The lowest BCUT2D eigenvalue weighted by Crippen LogP contribution is -1.81. The van der Waals surface area contributed by atoms with E-state index in [-0.39, 0.29) is 0 Å². The van der Waals surface area contributed by atoms with Gasteiger partial charge in [-0.15, -0.1) is 0 Å². The number of nitrogens with zero attached hydrogens (tertiary/aromatic N) is 1. The Morgan fingerprint density at radius 2 is 2.00 bits per heavy atom. The molecule has 0 radical (unpaired) electrons. The molecule has 3 rings (SSSR count). The van der Waals surface area contributed by atoms with E-state index in [1.807, 2.05) is 12.1 Å². The maximum atomic E-state index is 5.57. The highest BCUT2D eigenvalue weighted by molar-refractivity contribution is 9.10. The Morgan fingerprint density at radius 3 is 2.75 bits per heavy atom. The highest BCUT2D eigenvalue weighted by Gasteiger charge is 2.05. The Bertz CT molecular complexity index is 653. The van der Waals surface area contributed by atoms with Crippen LogP contribution in [0.2, 0.25) is 0 Å². The first-order valence-corrected chi connectivity index (χ1v) is 5.61. The van der Waals surface area contributed by atoms with Gasteiger partial charge in [0.15, 0.2) is 0 Å². The van der Waals surface area contributed by atoms with Crippen molar-refractivity contribution in [3.63, 3.8) is 0 Å². The molecule has 2 aromatic heterocycles. The van der Waals surface area contributed by atoms with E-state index in [2.05, 4.69) is 43.2 Å². The molecule has 16 heavy (non-hydrogen) atoms. The van der Waals surface area contributed by atoms with Crippen molar-refractivity contribution in [3.8, 4) is 11.4 Å². The van der Waals surface area contributed by atoms with Crippen molar-refractivity contribution >= 4 is 32.7 Å². The van der Waals surface area contributed by atoms with E-state index in [0.29, 0.717) is 5.82 Å². The second-order valence-corrected chi connectivity index (χ2v) is 4.54. The van der Waals surface area contributed by atoms with Crippen LogP contribution in [0, 0.1) is 0 Å². The van der Waals surface area contributed by atoms with Crippen LogP contribution in [0.1, 0.15) is 0 Å². The van der Waals surface area contributed by atoms with Crippen molar-refractivity contribution in [3.05, 3.63) is 34.8 Å². The number of hydrogen-bond acceptors (Lipinski definition) is 2. The maximum absolute atomic E-state index is 5.57. The highest BCUT2D eigenvalue weighted by atomic mass is 79.9. The molecule has 0 amide bonds. The fourth-order valence-electron chi connectivity index (χ4n) is 1.72. The monoisotopic (exact) mass is 276 g/mol. The summed E-state index contributed by atoms with van der Waals surface area (Å²) in [6.07, 6.45) is 0. The molecule has 0 aliphatic rings. The largest absolute Gasteiger partial charge is 0.382 e. The molecule has 0 bridgehead atoms. The summed E-state index contributed by atoms with van der Waals surface area (Å²) in [7, 11) is 0. The van der Waals surface area contributed by atoms with Crippen LogP contribution in [0.3, 0.4) is 0 Å². The number of hydrogen-bond donors (Lipinski definition) is 3. The summed E-state index contributed by atoms with van der Waals surface area (Å²) in [4.78, 5) is 3.30. The van der Waals surface area contributed by atoms with Crippen LogP contribution in [-0.2, 0) is 0 Å². The van der Waals surface area contributed by atoms with Crippen LogP contribution in [0.25, 0.3) is 22.3 Å². The van der Waals surface area contributed by atoms with Gasteiger partial charge in [-0.1, -0.05) is 15.9 Å². The van der Waals surface area contributed by atoms with Gasteiger partial charge in [0.1, 0.15) is 5.82 Å². The summed E-state index contributed by atoms with van der Waals surface area (Å²) >= 11 is 3.45. The zero-order valence-corrected chi connectivity index (χ0v) is 9.88. The number of aromatic amines is 2. The van der Waals surface area contributed by atoms with Crippen molar-refractivity contribution in [2.75, 3.05) is 5.73 Å². The number of H-pyrrole nitrogens is 2. The molecule has 2 heterocycles. The molecule has 0 saturated carbocycles. The predicted octanol–water partition coefficient (Wildman–Crippen LogP) is 2.90. The van der Waals surface area contributed by atoms with Gasteiger partial charge in [0.25, 0.3) is 0 Å². The van der Waals surface area contributed by atoms with Crippen LogP contribution in [0.5, 0.6) is 0 Å². The topological polar surface area (TPSA) is 70.5 Å². The molecule has 0 unspecified atom stereocenters. The summed E-state index contributed by atoms with van der Waals surface area (Å²) in [6.45, 7) is 0. The Balaban J connectivity index is 2.18. The zero-order chi connectivity index (χ0) is 11.1. The zero-order valence-electron chi connectivity index (χ0n) is 8.29. The number of nitrogens with one attached hydrogen (secondary N) is 2. The molecule has 0 spiro atoms. The third-order valence-electron chi connectivity index (χ3n) is 2.47. The molecule has 0 aliphatic heterocycles. The minimum absolute atomic E-state index is 0.495. The van der Waals surface area contributed by atoms with Crippen molar-refractivity contribution in [2.45, 2.75) is 0 Å². The lowest BCUT2D eigenvalue weighted by atomic mass is 10.2. The summed E-state index contributed by atoms with van der Waals surface area (Å²) in [5.74, 6) is 0.495. The molecule has 5 heteroatoms. The minimum atomic E-state index is 0.495. The lowest BCUT2D eigenvalue weighted by Gasteiger charge is -1.89. The van der Waals surface area contributed by atoms with E-state index >= 15 is 0 Å². The molecule has 80 valence electrons. The third-order valence-corrected chi connectivity index (χ3v) is 2.96. The van der Waals surface area contributed by atoms with E-state index in [9.17, 15) is 0 Å². The number of fused-ring (bicyclic) bond motifs is 1. The first-order valence-electron chi connectivity index (χ1n) is 4.82. The Hall–Kier alpha value is -1.75. The van der Waals surface area contributed by atoms with Crippen molar-refractivity contribution in [1.82, 2.24) is 15.2 Å². The molecular weight excluding hydrogens is 268 g/mol. The van der Waals surface area contributed by atoms with Gasteiger partial charge in [-0.3, -0.25) is 5.10 Å². The van der Waals surface area contributed by atoms with Crippen molar-refractivity contribution in [2.24, 2.45) is 0 Å². The molecule has 3 aromatic rings. The Morgan fingerprint density at radius 1 is 1.12 bits per heavy atom. The normalized spacial score (nSPS) is 11.1. The molecule has 4 N–H and O–H groups in total. The maximum Gasteiger partial charge on any atom is 0.145 e. The number of rotatable bonds is 1. The first kappa shape index (κ1) is 9.47. The molecular formula is C11H9BrN4. The van der Waals surface area contributed by atoms with Gasteiger partial charge < -0.3 is 10.7 Å². The van der Waals surface area contributed by atoms with Crippen LogP contribution >= 0.6 is 15.9 Å². The summed E-state index contributed by atoms with van der Waals surface area (Å²) < 4.78 is 1.06. The van der Waals surface area contributed by atoms with Crippen molar-refractivity contribution < 1.29 is 0 Å². The SMILES string of the molecule is Nc1cc(-c2cc3cc(Br)ccc3[nH]2)[nH]n1. The van der Waals surface area contributed by atoms with Gasteiger partial charge in [0.05, 0.1) is 11.4 Å². The first-order chi connectivity index (χ1) is 7.72. The number of aromatic nitrogens is 3. The number of nitrogens with two attached hydrogens (primary N) is 1. The van der Waals surface area contributed by atoms with E-state index in [0.717, 1.165) is 26.8 Å². The van der Waals surface area contributed by atoms with E-state index in [1.165, 1.54) is 0 Å². The quantitative estimate of drug-likeness (QED) is 0.640. The minimum Gasteiger partial charge on any atom is -0.382 e. The number of halogens is 1. The molecule has 0 saturated heterocycles. The number of benzene rings is 1. The highest BCUT2D eigenvalue weighted by Crippen LogP contribution is 2.25.